The number of carbonyl (C=O) groups is 1. The molecule has 8 heteroatoms. The Morgan fingerprint density at radius 1 is 1.27 bits per heavy atom. The van der Waals surface area contributed by atoms with Crippen LogP contribution in [0.3, 0.4) is 0 Å². The summed E-state index contributed by atoms with van der Waals surface area (Å²) in [6, 6.07) is 5.57. The largest absolute Gasteiger partial charge is 0.307 e. The van der Waals surface area contributed by atoms with Gasteiger partial charge in [0.25, 0.3) is 0 Å². The van der Waals surface area contributed by atoms with Crippen molar-refractivity contribution in [2.24, 2.45) is 0 Å². The summed E-state index contributed by atoms with van der Waals surface area (Å²) in [7, 11) is 0. The summed E-state index contributed by atoms with van der Waals surface area (Å²) in [6.07, 6.45) is 1.69. The van der Waals surface area contributed by atoms with Crippen molar-refractivity contribution in [2.45, 2.75) is 13.5 Å². The lowest BCUT2D eigenvalue weighted by Crippen LogP contribution is -2.25. The number of hydrogen-bond acceptors (Lipinski definition) is 6. The van der Waals surface area contributed by atoms with Crippen LogP contribution in [0.2, 0.25) is 0 Å². The molecule has 0 saturated carbocycles. The van der Waals surface area contributed by atoms with Crippen molar-refractivity contribution in [3.63, 3.8) is 0 Å². The van der Waals surface area contributed by atoms with Crippen LogP contribution in [0.4, 0.5) is 5.13 Å². The molecule has 3 rings (SSSR count). The van der Waals surface area contributed by atoms with Crippen molar-refractivity contribution in [3.8, 4) is 11.4 Å². The van der Waals surface area contributed by atoms with E-state index >= 15 is 0 Å². The fourth-order valence-electron chi connectivity index (χ4n) is 1.86. The van der Waals surface area contributed by atoms with Gasteiger partial charge in [-0.15, -0.1) is 11.3 Å². The van der Waals surface area contributed by atoms with Gasteiger partial charge in [0.15, 0.2) is 5.13 Å². The third kappa shape index (κ3) is 3.12. The molecule has 3 heterocycles. The minimum atomic E-state index is -0.273. The molecule has 0 fully saturated rings. The molecule has 0 aliphatic heterocycles. The van der Waals surface area contributed by atoms with E-state index in [4.69, 9.17) is 0 Å². The normalized spacial score (nSPS) is 10.6. The number of aryl methyl sites for hydroxylation is 1. The first kappa shape index (κ1) is 14.6. The van der Waals surface area contributed by atoms with Crippen molar-refractivity contribution in [1.82, 2.24) is 14.5 Å². The highest BCUT2D eigenvalue weighted by atomic mass is 32.1. The van der Waals surface area contributed by atoms with Gasteiger partial charge in [-0.3, -0.25) is 19.1 Å². The van der Waals surface area contributed by atoms with Gasteiger partial charge < -0.3 is 5.32 Å². The SMILES string of the molecule is Cc1csc(=O)n1CC(=O)Nc1nc(-c2ccccn2)cs1. The van der Waals surface area contributed by atoms with Crippen LogP contribution in [-0.2, 0) is 11.3 Å². The number of pyridine rings is 1. The summed E-state index contributed by atoms with van der Waals surface area (Å²) < 4.78 is 1.44. The van der Waals surface area contributed by atoms with Crippen LogP contribution in [0, 0.1) is 6.92 Å². The van der Waals surface area contributed by atoms with E-state index in [0.29, 0.717) is 10.8 Å². The van der Waals surface area contributed by atoms with Gasteiger partial charge in [0.05, 0.1) is 5.69 Å². The van der Waals surface area contributed by atoms with Gasteiger partial charge in [0, 0.05) is 22.7 Å². The van der Waals surface area contributed by atoms with Gasteiger partial charge in [0.1, 0.15) is 12.2 Å². The molecule has 6 nitrogen and oxygen atoms in total. The van der Waals surface area contributed by atoms with E-state index < -0.39 is 0 Å². The zero-order chi connectivity index (χ0) is 15.5. The topological polar surface area (TPSA) is 76.9 Å². The maximum absolute atomic E-state index is 12.0. The molecule has 0 aromatic carbocycles. The number of aromatic nitrogens is 3. The summed E-state index contributed by atoms with van der Waals surface area (Å²) in [5.74, 6) is -0.273. The van der Waals surface area contributed by atoms with Gasteiger partial charge >= 0.3 is 4.87 Å². The summed E-state index contributed by atoms with van der Waals surface area (Å²) in [5, 5.41) is 6.77. The average Bonchev–Trinajstić information content (AvgIpc) is 3.10. The second-order valence-corrected chi connectivity index (χ2v) is 6.21. The van der Waals surface area contributed by atoms with Crippen molar-refractivity contribution in [2.75, 3.05) is 5.32 Å². The van der Waals surface area contributed by atoms with Crippen molar-refractivity contribution in [3.05, 3.63) is 50.5 Å². The third-order valence-corrected chi connectivity index (χ3v) is 4.59. The van der Waals surface area contributed by atoms with Crippen LogP contribution in [0.15, 0.2) is 40.0 Å². The van der Waals surface area contributed by atoms with Gasteiger partial charge in [-0.1, -0.05) is 17.4 Å². The highest BCUT2D eigenvalue weighted by molar-refractivity contribution is 7.14. The molecule has 0 unspecified atom stereocenters. The number of nitrogens with zero attached hydrogens (tertiary/aromatic N) is 3. The Balaban J connectivity index is 1.70. The lowest BCUT2D eigenvalue weighted by molar-refractivity contribution is -0.116. The molecule has 1 amide bonds. The molecule has 0 aliphatic carbocycles. The predicted octanol–water partition coefficient (Wildman–Crippen LogP) is 2.38. The van der Waals surface area contributed by atoms with E-state index in [2.05, 4.69) is 15.3 Å². The van der Waals surface area contributed by atoms with Gasteiger partial charge in [-0.2, -0.15) is 0 Å². The number of rotatable bonds is 4. The molecule has 0 aliphatic rings. The van der Waals surface area contributed by atoms with Crippen LogP contribution < -0.4 is 10.2 Å². The Labute approximate surface area is 134 Å². The van der Waals surface area contributed by atoms with E-state index in [0.717, 1.165) is 22.7 Å². The van der Waals surface area contributed by atoms with Gasteiger partial charge in [-0.05, 0) is 19.1 Å². The van der Waals surface area contributed by atoms with Crippen molar-refractivity contribution >= 4 is 33.7 Å². The summed E-state index contributed by atoms with van der Waals surface area (Å²) in [5.41, 5.74) is 2.24. The Morgan fingerprint density at radius 3 is 2.82 bits per heavy atom. The minimum absolute atomic E-state index is 0.00727. The minimum Gasteiger partial charge on any atom is -0.300 e. The number of hydrogen-bond donors (Lipinski definition) is 1. The maximum atomic E-state index is 12.0. The van der Waals surface area contributed by atoms with Crippen LogP contribution in [-0.4, -0.2) is 20.4 Å². The van der Waals surface area contributed by atoms with E-state index in [9.17, 15) is 9.59 Å². The second-order valence-electron chi connectivity index (χ2n) is 4.53. The molecule has 0 saturated heterocycles. The lowest BCUT2D eigenvalue weighted by atomic mass is 10.3. The van der Waals surface area contributed by atoms with Crippen molar-refractivity contribution in [1.29, 1.82) is 0 Å². The fraction of sp³-hybridized carbons (Fsp3) is 0.143. The molecular formula is C14H12N4O2S2. The molecule has 0 radical (unpaired) electrons. The fourth-order valence-corrected chi connectivity index (χ4v) is 3.32. The smallest absolute Gasteiger partial charge is 0.300 e. The average molecular weight is 332 g/mol. The standard InChI is InChI=1S/C14H12N4O2S2/c1-9-7-22-14(20)18(9)6-12(19)17-13-16-11(8-21-13)10-4-2-3-5-15-10/h2-5,7-8H,6H2,1H3,(H,16,17,19). The second kappa shape index (κ2) is 6.20. The predicted molar refractivity (Wildman–Crippen MR) is 87.3 cm³/mol. The number of anilines is 1. The molecule has 22 heavy (non-hydrogen) atoms. The highest BCUT2D eigenvalue weighted by Crippen LogP contribution is 2.23. The van der Waals surface area contributed by atoms with Crippen molar-refractivity contribution < 1.29 is 4.79 Å². The van der Waals surface area contributed by atoms with E-state index in [1.807, 2.05) is 23.6 Å². The van der Waals surface area contributed by atoms with Crippen LogP contribution in [0.5, 0.6) is 0 Å². The number of amides is 1. The van der Waals surface area contributed by atoms with E-state index in [1.165, 1.54) is 15.9 Å². The number of thiazole rings is 2. The lowest BCUT2D eigenvalue weighted by Gasteiger charge is -2.04. The summed E-state index contributed by atoms with van der Waals surface area (Å²) >= 11 is 2.41. The molecule has 0 atom stereocenters. The zero-order valence-corrected chi connectivity index (χ0v) is 13.3. The first-order valence-corrected chi connectivity index (χ1v) is 8.21. The van der Waals surface area contributed by atoms with Crippen LogP contribution >= 0.6 is 22.7 Å². The maximum Gasteiger partial charge on any atom is 0.307 e. The Hall–Kier alpha value is -2.32. The quantitative estimate of drug-likeness (QED) is 0.796. The Kier molecular flexibility index (Phi) is 4.12. The molecule has 3 aromatic heterocycles. The molecule has 3 aromatic rings. The summed E-state index contributed by atoms with van der Waals surface area (Å²) in [4.78, 5) is 32.0. The van der Waals surface area contributed by atoms with Crippen LogP contribution in [0.1, 0.15) is 5.69 Å². The molecule has 0 bridgehead atoms. The zero-order valence-electron chi connectivity index (χ0n) is 11.6. The molecule has 0 spiro atoms. The number of nitrogens with one attached hydrogen (secondary N) is 1. The van der Waals surface area contributed by atoms with Gasteiger partial charge in [-0.25, -0.2) is 4.98 Å². The molecule has 112 valence electrons. The van der Waals surface area contributed by atoms with Crippen LogP contribution in [0.25, 0.3) is 11.4 Å². The monoisotopic (exact) mass is 332 g/mol. The van der Waals surface area contributed by atoms with E-state index in [1.54, 1.807) is 18.5 Å². The molecule has 1 N–H and O–H groups in total. The Bertz CT molecular complexity index is 851. The van der Waals surface area contributed by atoms with Gasteiger partial charge in [0.2, 0.25) is 5.91 Å². The first-order valence-electron chi connectivity index (χ1n) is 6.45. The Morgan fingerprint density at radius 2 is 2.14 bits per heavy atom. The number of carbonyl (C=O) groups excluding carboxylic acids is 1. The molecular weight excluding hydrogens is 320 g/mol. The third-order valence-electron chi connectivity index (χ3n) is 2.96. The first-order chi connectivity index (χ1) is 10.6. The summed E-state index contributed by atoms with van der Waals surface area (Å²) in [6.45, 7) is 1.79. The highest BCUT2D eigenvalue weighted by Gasteiger charge is 2.11. The van der Waals surface area contributed by atoms with E-state index in [-0.39, 0.29) is 17.3 Å².